The number of esters is 1. The number of hydrogen-bond donors (Lipinski definition) is 1. The van der Waals surface area contributed by atoms with Crippen LogP contribution in [-0.2, 0) is 9.53 Å². The van der Waals surface area contributed by atoms with Crippen molar-refractivity contribution in [3.63, 3.8) is 0 Å². The summed E-state index contributed by atoms with van der Waals surface area (Å²) in [6.45, 7) is 7.17. The highest BCUT2D eigenvalue weighted by Gasteiger charge is 2.56. The summed E-state index contributed by atoms with van der Waals surface area (Å²) in [5.41, 5.74) is 3.60. The first-order valence-electron chi connectivity index (χ1n) is 11.1. The molecule has 1 N–H and O–H groups in total. The van der Waals surface area contributed by atoms with Crippen molar-refractivity contribution in [1.82, 2.24) is 0 Å². The Morgan fingerprint density at radius 1 is 1.18 bits per heavy atom. The van der Waals surface area contributed by atoms with Gasteiger partial charge < -0.3 is 9.84 Å². The molecule has 4 rings (SSSR count). The lowest BCUT2D eigenvalue weighted by molar-refractivity contribution is -0.134. The Balaban J connectivity index is 1.56. The average molecular weight is 385 g/mol. The molecule has 0 aromatic heterocycles. The Labute approximate surface area is 169 Å². The predicted octanol–water partition coefficient (Wildman–Crippen LogP) is 5.21. The molecule has 0 bridgehead atoms. The van der Waals surface area contributed by atoms with Crippen molar-refractivity contribution in [2.24, 2.45) is 34.5 Å². The Hall–Kier alpha value is -1.35. The monoisotopic (exact) mass is 384 g/mol. The molecule has 0 radical (unpaired) electrons. The number of carbonyl (C=O) groups excluding carboxylic acids is 1. The molecule has 4 aliphatic carbocycles. The number of rotatable bonds is 3. The lowest BCUT2D eigenvalue weighted by atomic mass is 9.47. The van der Waals surface area contributed by atoms with Gasteiger partial charge in [-0.3, -0.25) is 0 Å². The summed E-state index contributed by atoms with van der Waals surface area (Å²) in [5, 5.41) is 10.2. The maximum atomic E-state index is 11.5. The van der Waals surface area contributed by atoms with Crippen LogP contribution in [-0.4, -0.2) is 24.3 Å². The standard InChI is InChI=1S/C25H36O3/c1-16(5-10-23(27)28-4)20-8-9-21-19-7-6-17-15-18(26)11-13-24(17,2)22(19)12-14-25(20,21)3/h5-6,8,10,16,18-19,21-22,26H,7,9,11-15H2,1-4H3/b10-5+/t16-,18+,19+,21+,22+,24+,25-/m1/s1. The maximum Gasteiger partial charge on any atom is 0.330 e. The first-order valence-corrected chi connectivity index (χ1v) is 11.1. The number of ether oxygens (including phenoxy) is 1. The molecule has 28 heavy (non-hydrogen) atoms. The van der Waals surface area contributed by atoms with Crippen molar-refractivity contribution in [1.29, 1.82) is 0 Å². The molecule has 3 nitrogen and oxygen atoms in total. The number of allylic oxidation sites excluding steroid dienone is 4. The summed E-state index contributed by atoms with van der Waals surface area (Å²) < 4.78 is 4.77. The second kappa shape index (κ2) is 7.16. The molecule has 0 heterocycles. The molecule has 3 heteroatoms. The molecule has 0 aromatic rings. The summed E-state index contributed by atoms with van der Waals surface area (Å²) in [6, 6.07) is 0. The number of hydrogen-bond acceptors (Lipinski definition) is 3. The van der Waals surface area contributed by atoms with Gasteiger partial charge in [-0.15, -0.1) is 0 Å². The van der Waals surface area contributed by atoms with E-state index in [1.165, 1.54) is 43.9 Å². The molecule has 0 saturated heterocycles. The van der Waals surface area contributed by atoms with Crippen LogP contribution in [0.5, 0.6) is 0 Å². The Bertz CT molecular complexity index is 732. The van der Waals surface area contributed by atoms with Crippen LogP contribution in [0.2, 0.25) is 0 Å². The third-order valence-electron chi connectivity index (χ3n) is 8.93. The summed E-state index contributed by atoms with van der Waals surface area (Å²) in [6.07, 6.45) is 16.3. The molecule has 2 fully saturated rings. The molecule has 0 aromatic carbocycles. The van der Waals surface area contributed by atoms with Crippen molar-refractivity contribution < 1.29 is 14.6 Å². The molecule has 0 spiro atoms. The Kier molecular flexibility index (Phi) is 5.10. The first-order chi connectivity index (χ1) is 13.3. The van der Waals surface area contributed by atoms with Crippen molar-refractivity contribution in [3.05, 3.63) is 35.5 Å². The van der Waals surface area contributed by atoms with Crippen LogP contribution in [0.25, 0.3) is 0 Å². The van der Waals surface area contributed by atoms with Crippen molar-refractivity contribution >= 4 is 5.97 Å². The predicted molar refractivity (Wildman–Crippen MR) is 111 cm³/mol. The quantitative estimate of drug-likeness (QED) is 0.413. The number of fused-ring (bicyclic) bond motifs is 5. The lowest BCUT2D eigenvalue weighted by Gasteiger charge is -2.58. The van der Waals surface area contributed by atoms with Crippen molar-refractivity contribution in [2.45, 2.75) is 71.8 Å². The lowest BCUT2D eigenvalue weighted by Crippen LogP contribution is -2.50. The summed E-state index contributed by atoms with van der Waals surface area (Å²) >= 11 is 0. The highest BCUT2D eigenvalue weighted by atomic mass is 16.5. The van der Waals surface area contributed by atoms with E-state index in [0.717, 1.165) is 31.1 Å². The van der Waals surface area contributed by atoms with Crippen LogP contribution in [0.1, 0.15) is 65.7 Å². The van der Waals surface area contributed by atoms with Crippen LogP contribution in [0.3, 0.4) is 0 Å². The van der Waals surface area contributed by atoms with Gasteiger partial charge in [0.2, 0.25) is 0 Å². The fourth-order valence-corrected chi connectivity index (χ4v) is 7.34. The van der Waals surface area contributed by atoms with Gasteiger partial charge in [0.05, 0.1) is 13.2 Å². The molecule has 2 saturated carbocycles. The van der Waals surface area contributed by atoms with E-state index in [-0.39, 0.29) is 23.4 Å². The van der Waals surface area contributed by atoms with Crippen LogP contribution in [0.4, 0.5) is 0 Å². The zero-order valence-electron chi connectivity index (χ0n) is 17.9. The first kappa shape index (κ1) is 19.9. The highest BCUT2D eigenvalue weighted by molar-refractivity contribution is 5.81. The molecule has 0 amide bonds. The fraction of sp³-hybridized carbons (Fsp3) is 0.720. The van der Waals surface area contributed by atoms with Gasteiger partial charge in [0.15, 0.2) is 0 Å². The molecular formula is C25H36O3. The SMILES string of the molecule is COC(=O)/C=C/[C@@H](C)C1=CC[C@H]2[C@@H]3CC=C4C[C@@H](O)CC[C@]4(C)[C@H]3CC[C@]12C. The van der Waals surface area contributed by atoms with Gasteiger partial charge in [0, 0.05) is 6.08 Å². The topological polar surface area (TPSA) is 46.5 Å². The van der Waals surface area contributed by atoms with Crippen LogP contribution < -0.4 is 0 Å². The van der Waals surface area contributed by atoms with Crippen LogP contribution in [0.15, 0.2) is 35.5 Å². The van der Waals surface area contributed by atoms with E-state index in [4.69, 9.17) is 4.74 Å². The van der Waals surface area contributed by atoms with E-state index in [1.54, 1.807) is 6.08 Å². The van der Waals surface area contributed by atoms with Gasteiger partial charge in [0.1, 0.15) is 0 Å². The van der Waals surface area contributed by atoms with E-state index in [1.807, 2.05) is 6.08 Å². The van der Waals surface area contributed by atoms with Gasteiger partial charge in [-0.1, -0.05) is 50.1 Å². The number of methoxy groups -OCH3 is 1. The fourth-order valence-electron chi connectivity index (χ4n) is 7.34. The summed E-state index contributed by atoms with van der Waals surface area (Å²) in [4.78, 5) is 11.5. The van der Waals surface area contributed by atoms with Gasteiger partial charge in [-0.25, -0.2) is 4.79 Å². The van der Waals surface area contributed by atoms with Crippen LogP contribution >= 0.6 is 0 Å². The zero-order valence-corrected chi connectivity index (χ0v) is 17.9. The highest BCUT2D eigenvalue weighted by Crippen LogP contribution is 2.65. The van der Waals surface area contributed by atoms with Gasteiger partial charge in [-0.2, -0.15) is 0 Å². The van der Waals surface area contributed by atoms with E-state index >= 15 is 0 Å². The minimum atomic E-state index is -0.270. The van der Waals surface area contributed by atoms with Crippen molar-refractivity contribution in [3.8, 4) is 0 Å². The second-order valence-corrected chi connectivity index (χ2v) is 10.2. The molecule has 154 valence electrons. The number of aliphatic hydroxyl groups excluding tert-OH is 1. The maximum absolute atomic E-state index is 11.5. The third-order valence-corrected chi connectivity index (χ3v) is 8.93. The average Bonchev–Trinajstić information content (AvgIpc) is 3.03. The van der Waals surface area contributed by atoms with E-state index in [2.05, 4.69) is 32.9 Å². The number of carbonyl (C=O) groups is 1. The molecule has 7 atom stereocenters. The van der Waals surface area contributed by atoms with E-state index in [9.17, 15) is 9.90 Å². The molecular weight excluding hydrogens is 348 g/mol. The van der Waals surface area contributed by atoms with E-state index in [0.29, 0.717) is 11.3 Å². The largest absolute Gasteiger partial charge is 0.466 e. The van der Waals surface area contributed by atoms with Gasteiger partial charge >= 0.3 is 5.97 Å². The minimum absolute atomic E-state index is 0.132. The van der Waals surface area contributed by atoms with Crippen molar-refractivity contribution in [2.75, 3.05) is 7.11 Å². The summed E-state index contributed by atoms with van der Waals surface area (Å²) in [7, 11) is 1.43. The van der Waals surface area contributed by atoms with E-state index < -0.39 is 0 Å². The molecule has 4 aliphatic rings. The van der Waals surface area contributed by atoms with Crippen LogP contribution in [0, 0.1) is 34.5 Å². The molecule has 0 unspecified atom stereocenters. The Morgan fingerprint density at radius 3 is 2.68 bits per heavy atom. The van der Waals surface area contributed by atoms with Gasteiger partial charge in [-0.05, 0) is 79.4 Å². The second-order valence-electron chi connectivity index (χ2n) is 10.2. The Morgan fingerprint density at radius 2 is 1.93 bits per heavy atom. The van der Waals surface area contributed by atoms with Gasteiger partial charge in [0.25, 0.3) is 0 Å². The third kappa shape index (κ3) is 3.01. The number of aliphatic hydroxyl groups is 1. The smallest absolute Gasteiger partial charge is 0.330 e. The summed E-state index contributed by atoms with van der Waals surface area (Å²) in [5.74, 6) is 2.21. The minimum Gasteiger partial charge on any atom is -0.466 e. The normalized spacial score (nSPS) is 43.5. The zero-order chi connectivity index (χ0) is 20.1. The molecule has 0 aliphatic heterocycles.